The van der Waals surface area contributed by atoms with Gasteiger partial charge in [-0.15, -0.1) is 0 Å². The molecule has 12 nitrogen and oxygen atoms in total. The maximum atomic E-state index is 13.0. The zero-order valence-electron chi connectivity index (χ0n) is 22.0. The first-order chi connectivity index (χ1) is 20.5. The van der Waals surface area contributed by atoms with Crippen LogP contribution >= 0.6 is 0 Å². The van der Waals surface area contributed by atoms with Gasteiger partial charge in [-0.25, -0.2) is 14.3 Å². The van der Waals surface area contributed by atoms with Crippen LogP contribution in [0.4, 0.5) is 13.2 Å². The Hall–Kier alpha value is -5.31. The van der Waals surface area contributed by atoms with Crippen LogP contribution in [0.5, 0.6) is 5.75 Å². The molecule has 0 radical (unpaired) electrons. The SMILES string of the molecule is N=c1c2c(C3CC3)nn(-c3ccc(C(F)(F)F)cc3)c2ncn1/N=C\c1ccc(OC2=C(O)C(O)=C(O)C(CO)O2)cc1. The predicted octanol–water partition coefficient (Wildman–Crippen LogP) is 4.30. The Morgan fingerprint density at radius 2 is 1.74 bits per heavy atom. The van der Waals surface area contributed by atoms with Gasteiger partial charge in [-0.1, -0.05) is 0 Å². The van der Waals surface area contributed by atoms with Crippen LogP contribution in [0.3, 0.4) is 0 Å². The van der Waals surface area contributed by atoms with Crippen molar-refractivity contribution in [3.05, 3.63) is 100 Å². The highest BCUT2D eigenvalue weighted by atomic mass is 19.4. The zero-order chi connectivity index (χ0) is 30.5. The fourth-order valence-electron chi connectivity index (χ4n) is 4.42. The van der Waals surface area contributed by atoms with Gasteiger partial charge in [0.05, 0.1) is 35.2 Å². The van der Waals surface area contributed by atoms with E-state index >= 15 is 0 Å². The molecule has 2 aromatic carbocycles. The third-order valence-electron chi connectivity index (χ3n) is 6.85. The normalized spacial score (nSPS) is 17.6. The molecule has 0 saturated heterocycles. The summed E-state index contributed by atoms with van der Waals surface area (Å²) in [6, 6.07) is 10.8. The van der Waals surface area contributed by atoms with E-state index in [2.05, 4.69) is 15.2 Å². The molecule has 2 aliphatic rings. The van der Waals surface area contributed by atoms with E-state index in [0.717, 1.165) is 25.0 Å². The first-order valence-corrected chi connectivity index (χ1v) is 12.9. The molecule has 0 spiro atoms. The van der Waals surface area contributed by atoms with Gasteiger partial charge in [0, 0.05) is 5.92 Å². The zero-order valence-corrected chi connectivity index (χ0v) is 22.0. The minimum atomic E-state index is -4.46. The molecule has 15 heteroatoms. The van der Waals surface area contributed by atoms with E-state index in [4.69, 9.17) is 14.9 Å². The minimum Gasteiger partial charge on any atom is -0.505 e. The van der Waals surface area contributed by atoms with E-state index in [9.17, 15) is 33.6 Å². The van der Waals surface area contributed by atoms with Crippen molar-refractivity contribution in [3.8, 4) is 11.4 Å². The smallest absolute Gasteiger partial charge is 0.416 e. The van der Waals surface area contributed by atoms with Crippen LogP contribution in [0.1, 0.15) is 35.6 Å². The van der Waals surface area contributed by atoms with Crippen molar-refractivity contribution in [1.82, 2.24) is 19.4 Å². The van der Waals surface area contributed by atoms with Crippen LogP contribution in [0.25, 0.3) is 16.7 Å². The Bertz CT molecular complexity index is 1860. The molecule has 6 rings (SSSR count). The van der Waals surface area contributed by atoms with Gasteiger partial charge >= 0.3 is 12.1 Å². The van der Waals surface area contributed by atoms with Crippen LogP contribution in [-0.4, -0.2) is 58.8 Å². The van der Waals surface area contributed by atoms with Crippen molar-refractivity contribution < 1.29 is 43.1 Å². The predicted molar refractivity (Wildman–Crippen MR) is 144 cm³/mol. The first kappa shape index (κ1) is 27.8. The summed E-state index contributed by atoms with van der Waals surface area (Å²) < 4.78 is 52.4. The average molecular weight is 597 g/mol. The number of aliphatic hydroxyl groups is 4. The molecule has 4 aromatic rings. The quantitative estimate of drug-likeness (QED) is 0.197. The third kappa shape index (κ3) is 5.25. The van der Waals surface area contributed by atoms with Crippen LogP contribution in [0, 0.1) is 5.41 Å². The third-order valence-corrected chi connectivity index (χ3v) is 6.85. The summed E-state index contributed by atoms with van der Waals surface area (Å²) in [6.07, 6.45) is -1.23. The van der Waals surface area contributed by atoms with Gasteiger partial charge in [-0.2, -0.15) is 23.4 Å². The molecule has 1 aliphatic heterocycles. The number of aromatic nitrogens is 4. The lowest BCUT2D eigenvalue weighted by molar-refractivity contribution is -0.137. The van der Waals surface area contributed by atoms with E-state index in [1.165, 1.54) is 46.2 Å². The molecule has 5 N–H and O–H groups in total. The number of nitrogens with one attached hydrogen (secondary N) is 1. The minimum absolute atomic E-state index is 0.00711. The first-order valence-electron chi connectivity index (χ1n) is 12.9. The lowest BCUT2D eigenvalue weighted by atomic mass is 10.2. The highest BCUT2D eigenvalue weighted by Gasteiger charge is 2.33. The molecule has 1 unspecified atom stereocenters. The lowest BCUT2D eigenvalue weighted by Gasteiger charge is -2.23. The molecule has 43 heavy (non-hydrogen) atoms. The van der Waals surface area contributed by atoms with Gasteiger partial charge < -0.3 is 29.9 Å². The summed E-state index contributed by atoms with van der Waals surface area (Å²) in [5.74, 6) is -2.61. The van der Waals surface area contributed by atoms with Crippen LogP contribution < -0.4 is 10.2 Å². The summed E-state index contributed by atoms with van der Waals surface area (Å²) >= 11 is 0. The van der Waals surface area contributed by atoms with Crippen LogP contribution in [0.2, 0.25) is 0 Å². The monoisotopic (exact) mass is 596 g/mol. The number of rotatable bonds is 7. The molecule has 1 aliphatic carbocycles. The summed E-state index contributed by atoms with van der Waals surface area (Å²) in [6.45, 7) is -0.667. The topological polar surface area (TPSA) is 171 Å². The Morgan fingerprint density at radius 3 is 2.37 bits per heavy atom. The fourth-order valence-corrected chi connectivity index (χ4v) is 4.42. The van der Waals surface area contributed by atoms with E-state index in [1.54, 1.807) is 12.1 Å². The van der Waals surface area contributed by atoms with E-state index in [0.29, 0.717) is 28.0 Å². The number of nitrogens with zero attached hydrogens (tertiary/aromatic N) is 5. The number of ether oxygens (including phenoxy) is 2. The second-order valence-corrected chi connectivity index (χ2v) is 9.83. The van der Waals surface area contributed by atoms with E-state index in [1.807, 2.05) is 0 Å². The highest BCUT2D eigenvalue weighted by Crippen LogP contribution is 2.42. The summed E-state index contributed by atoms with van der Waals surface area (Å²) in [5, 5.41) is 57.0. The maximum absolute atomic E-state index is 13.0. The van der Waals surface area contributed by atoms with Crippen LogP contribution in [-0.2, 0) is 10.9 Å². The fraction of sp³-hybridized carbons (Fsp3) is 0.214. The van der Waals surface area contributed by atoms with Crippen molar-refractivity contribution in [2.75, 3.05) is 6.61 Å². The lowest BCUT2D eigenvalue weighted by Crippen LogP contribution is -2.28. The number of alkyl halides is 3. The summed E-state index contributed by atoms with van der Waals surface area (Å²) in [4.78, 5) is 4.43. The Morgan fingerprint density at radius 1 is 1.05 bits per heavy atom. The average Bonchev–Trinajstić information content (AvgIpc) is 3.77. The number of aliphatic hydroxyl groups excluding tert-OH is 4. The number of benzene rings is 2. The number of hydrogen-bond donors (Lipinski definition) is 5. The number of halogens is 3. The molecule has 1 saturated carbocycles. The molecular weight excluding hydrogens is 573 g/mol. The Kier molecular flexibility index (Phi) is 6.80. The van der Waals surface area contributed by atoms with Gasteiger partial charge in [-0.05, 0) is 66.9 Å². The summed E-state index contributed by atoms with van der Waals surface area (Å²) in [5.41, 5.74) is 1.18. The van der Waals surface area contributed by atoms with Crippen molar-refractivity contribution in [2.45, 2.75) is 31.0 Å². The van der Waals surface area contributed by atoms with Crippen molar-refractivity contribution >= 4 is 17.2 Å². The largest absolute Gasteiger partial charge is 0.505 e. The van der Waals surface area contributed by atoms with Crippen molar-refractivity contribution in [3.63, 3.8) is 0 Å². The van der Waals surface area contributed by atoms with Gasteiger partial charge in [0.2, 0.25) is 11.5 Å². The second kappa shape index (κ2) is 10.5. The summed E-state index contributed by atoms with van der Waals surface area (Å²) in [7, 11) is 0. The molecule has 2 aromatic heterocycles. The van der Waals surface area contributed by atoms with Crippen molar-refractivity contribution in [1.29, 1.82) is 5.41 Å². The number of hydrogen-bond acceptors (Lipinski definition) is 10. The van der Waals surface area contributed by atoms with Gasteiger partial charge in [0.25, 0.3) is 0 Å². The molecular formula is C28H23F3N6O6. The van der Waals surface area contributed by atoms with Crippen LogP contribution in [0.15, 0.2) is 83.2 Å². The van der Waals surface area contributed by atoms with E-state index < -0.39 is 47.7 Å². The Labute approximate surface area is 240 Å². The molecule has 1 atom stereocenters. The molecule has 3 heterocycles. The standard InChI is InChI=1S/C28H23F3N6O6/c29-28(30,31)16-5-7-17(8-6-16)37-26-20(21(35-37)15-3-4-15)25(32)36(13-33-26)34-11-14-1-9-18(10-2-14)42-27-24(41)23(40)22(39)19(12-38)43-27/h1-2,5-11,13,15,19,32,38-41H,3-4,12H2/b32-25?,34-11-. The second-order valence-electron chi connectivity index (χ2n) is 9.83. The Balaban J connectivity index is 1.25. The molecule has 0 amide bonds. The maximum Gasteiger partial charge on any atom is 0.416 e. The number of fused-ring (bicyclic) bond motifs is 1. The van der Waals surface area contributed by atoms with Gasteiger partial charge in [-0.3, -0.25) is 5.41 Å². The highest BCUT2D eigenvalue weighted by molar-refractivity contribution is 5.81. The van der Waals surface area contributed by atoms with Gasteiger partial charge in [0.15, 0.2) is 23.0 Å². The van der Waals surface area contributed by atoms with Crippen molar-refractivity contribution in [2.24, 2.45) is 5.10 Å². The van der Waals surface area contributed by atoms with Gasteiger partial charge in [0.1, 0.15) is 12.1 Å². The molecule has 1 fully saturated rings. The molecule has 0 bridgehead atoms. The molecule has 222 valence electrons. The van der Waals surface area contributed by atoms with E-state index in [-0.39, 0.29) is 17.2 Å².